The van der Waals surface area contributed by atoms with E-state index >= 15 is 0 Å². The van der Waals surface area contributed by atoms with Crippen LogP contribution in [0.15, 0.2) is 78.9 Å². The van der Waals surface area contributed by atoms with Crippen LogP contribution < -0.4 is 13.8 Å². The van der Waals surface area contributed by atoms with Gasteiger partial charge in [0, 0.05) is 32.2 Å². The zero-order valence-electron chi connectivity index (χ0n) is 21.5. The van der Waals surface area contributed by atoms with Crippen molar-refractivity contribution in [3.05, 3.63) is 90.0 Å². The summed E-state index contributed by atoms with van der Waals surface area (Å²) >= 11 is 0. The van der Waals surface area contributed by atoms with Crippen molar-refractivity contribution in [2.75, 3.05) is 56.0 Å². The molecule has 3 aromatic carbocycles. The normalized spacial score (nSPS) is 15.9. The summed E-state index contributed by atoms with van der Waals surface area (Å²) in [6.45, 7) is 4.59. The van der Waals surface area contributed by atoms with Crippen molar-refractivity contribution in [3.8, 4) is 11.5 Å². The van der Waals surface area contributed by atoms with E-state index in [4.69, 9.17) is 9.47 Å². The smallest absolute Gasteiger partial charge is 0.243 e. The molecule has 3 aromatic rings. The summed E-state index contributed by atoms with van der Waals surface area (Å²) < 4.78 is 38.4. The van der Waals surface area contributed by atoms with Crippen molar-refractivity contribution in [3.63, 3.8) is 0 Å². The molecule has 0 radical (unpaired) electrons. The van der Waals surface area contributed by atoms with Crippen LogP contribution >= 0.6 is 0 Å². The summed E-state index contributed by atoms with van der Waals surface area (Å²) in [6, 6.07) is 25.8. The summed E-state index contributed by atoms with van der Waals surface area (Å²) in [6.07, 6.45) is 0. The fourth-order valence-electron chi connectivity index (χ4n) is 5.03. The van der Waals surface area contributed by atoms with Gasteiger partial charge in [0.15, 0.2) is 11.5 Å². The van der Waals surface area contributed by atoms with Gasteiger partial charge in [-0.3, -0.25) is 14.0 Å². The van der Waals surface area contributed by atoms with Crippen LogP contribution in [-0.4, -0.2) is 75.8 Å². The first-order valence-corrected chi connectivity index (χ1v) is 14.6. The van der Waals surface area contributed by atoms with E-state index in [9.17, 15) is 13.2 Å². The Hall–Kier alpha value is -3.56. The summed E-state index contributed by atoms with van der Waals surface area (Å²) in [5, 5.41) is 0. The topological polar surface area (TPSA) is 79.4 Å². The summed E-state index contributed by atoms with van der Waals surface area (Å²) in [5.41, 5.74) is 2.81. The Morgan fingerprint density at radius 3 is 2.00 bits per heavy atom. The SMILES string of the molecule is CCS(=O)(=O)N(CC(=O)N1CCN(C(c2ccccc2)c2ccccc2)CC1)c1ccc2c(c1)OCCO2. The summed E-state index contributed by atoms with van der Waals surface area (Å²) in [4.78, 5) is 17.5. The van der Waals surface area contributed by atoms with Gasteiger partial charge < -0.3 is 14.4 Å². The van der Waals surface area contributed by atoms with Gasteiger partial charge in [0.05, 0.1) is 17.5 Å². The first-order valence-electron chi connectivity index (χ1n) is 13.0. The number of piperazine rings is 1. The maximum absolute atomic E-state index is 13.4. The molecule has 0 aliphatic carbocycles. The van der Waals surface area contributed by atoms with Crippen LogP contribution in [0.1, 0.15) is 24.1 Å². The van der Waals surface area contributed by atoms with Crippen LogP contribution in [0.5, 0.6) is 11.5 Å². The summed E-state index contributed by atoms with van der Waals surface area (Å²) in [5.74, 6) is 0.729. The predicted molar refractivity (Wildman–Crippen MR) is 147 cm³/mol. The number of sulfonamides is 1. The Balaban J connectivity index is 1.30. The minimum atomic E-state index is -3.69. The van der Waals surface area contributed by atoms with Crippen molar-refractivity contribution < 1.29 is 22.7 Å². The Kier molecular flexibility index (Phi) is 7.85. The molecule has 2 aliphatic heterocycles. The maximum atomic E-state index is 13.4. The van der Waals surface area contributed by atoms with E-state index in [1.807, 2.05) is 36.4 Å². The molecule has 2 heterocycles. The number of nitrogens with zero attached hydrogens (tertiary/aromatic N) is 3. The number of fused-ring (bicyclic) bond motifs is 1. The Bertz CT molecular complexity index is 1300. The molecular weight excluding hydrogens is 502 g/mol. The van der Waals surface area contributed by atoms with Crippen LogP contribution in [0.3, 0.4) is 0 Å². The van der Waals surface area contributed by atoms with Crippen molar-refractivity contribution in [2.45, 2.75) is 13.0 Å². The molecule has 200 valence electrons. The number of hydrogen-bond acceptors (Lipinski definition) is 6. The number of rotatable bonds is 8. The Labute approximate surface area is 224 Å². The fraction of sp³-hybridized carbons (Fsp3) is 0.345. The van der Waals surface area contributed by atoms with E-state index in [1.54, 1.807) is 30.0 Å². The number of carbonyl (C=O) groups is 1. The van der Waals surface area contributed by atoms with Crippen LogP contribution in [0.4, 0.5) is 5.69 Å². The zero-order chi connectivity index (χ0) is 26.5. The first-order chi connectivity index (χ1) is 18.5. The number of carbonyl (C=O) groups excluding carboxylic acids is 1. The third-order valence-corrected chi connectivity index (χ3v) is 8.80. The second-order valence-corrected chi connectivity index (χ2v) is 11.6. The van der Waals surface area contributed by atoms with Crippen LogP contribution in [-0.2, 0) is 14.8 Å². The molecule has 0 spiro atoms. The molecule has 1 amide bonds. The minimum absolute atomic E-state index is 0.0873. The Morgan fingerprint density at radius 2 is 1.42 bits per heavy atom. The highest BCUT2D eigenvalue weighted by molar-refractivity contribution is 7.92. The highest BCUT2D eigenvalue weighted by atomic mass is 32.2. The minimum Gasteiger partial charge on any atom is -0.486 e. The maximum Gasteiger partial charge on any atom is 0.243 e. The molecule has 1 saturated heterocycles. The van der Waals surface area contributed by atoms with Crippen LogP contribution in [0.2, 0.25) is 0 Å². The molecule has 0 unspecified atom stereocenters. The van der Waals surface area contributed by atoms with Gasteiger partial charge in [0.25, 0.3) is 0 Å². The number of hydrogen-bond donors (Lipinski definition) is 0. The Morgan fingerprint density at radius 1 is 0.842 bits per heavy atom. The lowest BCUT2D eigenvalue weighted by Gasteiger charge is -2.40. The monoisotopic (exact) mass is 535 g/mol. The molecule has 0 saturated carbocycles. The van der Waals surface area contributed by atoms with Crippen molar-refractivity contribution in [2.24, 2.45) is 0 Å². The van der Waals surface area contributed by atoms with Gasteiger partial charge in [0.2, 0.25) is 15.9 Å². The molecule has 0 bridgehead atoms. The second-order valence-electron chi connectivity index (χ2n) is 9.38. The number of anilines is 1. The first kappa shape index (κ1) is 26.1. The quantitative estimate of drug-likeness (QED) is 0.439. The largest absolute Gasteiger partial charge is 0.486 e. The zero-order valence-corrected chi connectivity index (χ0v) is 22.3. The van der Waals surface area contributed by atoms with Crippen molar-refractivity contribution in [1.82, 2.24) is 9.80 Å². The molecule has 0 aromatic heterocycles. The van der Waals surface area contributed by atoms with Gasteiger partial charge in [-0.2, -0.15) is 0 Å². The van der Waals surface area contributed by atoms with E-state index in [1.165, 1.54) is 15.4 Å². The van der Waals surface area contributed by atoms with E-state index in [-0.39, 0.29) is 24.2 Å². The fourth-order valence-corrected chi connectivity index (χ4v) is 6.08. The molecule has 8 nitrogen and oxygen atoms in total. The molecule has 0 atom stereocenters. The van der Waals surface area contributed by atoms with E-state index in [0.717, 1.165) is 0 Å². The molecule has 5 rings (SSSR count). The average Bonchev–Trinajstić information content (AvgIpc) is 2.97. The summed E-state index contributed by atoms with van der Waals surface area (Å²) in [7, 11) is -3.69. The number of ether oxygens (including phenoxy) is 2. The molecule has 9 heteroatoms. The van der Waals surface area contributed by atoms with Gasteiger partial charge in [-0.15, -0.1) is 0 Å². The lowest BCUT2D eigenvalue weighted by atomic mass is 9.96. The number of benzene rings is 3. The lowest BCUT2D eigenvalue weighted by molar-refractivity contribution is -0.131. The van der Waals surface area contributed by atoms with E-state index in [0.29, 0.717) is 56.6 Å². The highest BCUT2D eigenvalue weighted by Crippen LogP contribution is 2.35. The van der Waals surface area contributed by atoms with Crippen LogP contribution in [0.25, 0.3) is 0 Å². The van der Waals surface area contributed by atoms with E-state index < -0.39 is 10.0 Å². The van der Waals surface area contributed by atoms with Crippen molar-refractivity contribution in [1.29, 1.82) is 0 Å². The highest BCUT2D eigenvalue weighted by Gasteiger charge is 2.31. The molecule has 2 aliphatic rings. The van der Waals surface area contributed by atoms with Gasteiger partial charge in [-0.05, 0) is 30.2 Å². The van der Waals surface area contributed by atoms with Crippen LogP contribution in [0, 0.1) is 0 Å². The van der Waals surface area contributed by atoms with Gasteiger partial charge in [0.1, 0.15) is 19.8 Å². The third-order valence-electron chi connectivity index (χ3n) is 7.06. The molecular formula is C29H33N3O5S. The molecule has 38 heavy (non-hydrogen) atoms. The predicted octanol–water partition coefficient (Wildman–Crippen LogP) is 3.55. The van der Waals surface area contributed by atoms with Crippen molar-refractivity contribution >= 4 is 21.6 Å². The number of amides is 1. The molecule has 1 fully saturated rings. The second kappa shape index (κ2) is 11.4. The lowest BCUT2D eigenvalue weighted by Crippen LogP contribution is -2.52. The van der Waals surface area contributed by atoms with Gasteiger partial charge in [-0.1, -0.05) is 60.7 Å². The molecule has 0 N–H and O–H groups in total. The third kappa shape index (κ3) is 5.63. The van der Waals surface area contributed by atoms with Gasteiger partial charge in [-0.25, -0.2) is 8.42 Å². The average molecular weight is 536 g/mol. The van der Waals surface area contributed by atoms with E-state index in [2.05, 4.69) is 29.2 Å². The standard InChI is InChI=1S/C29H33N3O5S/c1-2-38(34,35)32(25-13-14-26-27(21-25)37-20-19-36-26)22-28(33)30-15-17-31(18-16-30)29(23-9-5-3-6-10-23)24-11-7-4-8-12-24/h3-14,21,29H,2,15-20,22H2,1H3. The van der Waals surface area contributed by atoms with Gasteiger partial charge >= 0.3 is 0 Å².